The summed E-state index contributed by atoms with van der Waals surface area (Å²) in [6, 6.07) is 0. The largest absolute Gasteiger partial charge is 0.466 e. The Kier molecular flexibility index (Phi) is 10.1. The average Bonchev–Trinajstić information content (AvgIpc) is 2.23. The van der Waals surface area contributed by atoms with Crippen molar-refractivity contribution in [3.05, 3.63) is 12.2 Å². The smallest absolute Gasteiger partial charge is 0.306 e. The number of unbranched alkanes of at least 4 members (excludes halogenated alkanes) is 2. The lowest BCUT2D eigenvalue weighted by Gasteiger charge is -2.01. The molecule has 0 unspecified atom stereocenters. The number of ether oxygens (including phenoxy) is 1. The van der Waals surface area contributed by atoms with Crippen LogP contribution >= 0.6 is 0 Å². The van der Waals surface area contributed by atoms with E-state index < -0.39 is 0 Å². The monoisotopic (exact) mass is 212 g/mol. The first-order chi connectivity index (χ1) is 7.31. The topological polar surface area (TPSA) is 43.4 Å². The molecule has 0 N–H and O–H groups in total. The maximum Gasteiger partial charge on any atom is 0.306 e. The van der Waals surface area contributed by atoms with Gasteiger partial charge in [-0.2, -0.15) is 0 Å². The van der Waals surface area contributed by atoms with E-state index in [1.165, 1.54) is 0 Å². The predicted molar refractivity (Wildman–Crippen MR) is 59.5 cm³/mol. The van der Waals surface area contributed by atoms with Crippen LogP contribution in [-0.2, 0) is 14.3 Å². The third-order valence-electron chi connectivity index (χ3n) is 1.89. The Hall–Kier alpha value is -1.12. The molecule has 0 aliphatic rings. The fourth-order valence-corrected chi connectivity index (χ4v) is 1.00. The zero-order valence-electron chi connectivity index (χ0n) is 9.41. The minimum atomic E-state index is -0.136. The summed E-state index contributed by atoms with van der Waals surface area (Å²) >= 11 is 0. The number of carbonyl (C=O) groups excluding carboxylic acids is 2. The Labute approximate surface area is 91.5 Å². The van der Waals surface area contributed by atoms with E-state index >= 15 is 0 Å². The average molecular weight is 212 g/mol. The molecule has 15 heavy (non-hydrogen) atoms. The van der Waals surface area contributed by atoms with Crippen LogP contribution in [0.2, 0.25) is 0 Å². The quantitative estimate of drug-likeness (QED) is 0.255. The summed E-state index contributed by atoms with van der Waals surface area (Å²) in [6.07, 6.45) is 9.15. The maximum absolute atomic E-state index is 11.1. The van der Waals surface area contributed by atoms with Gasteiger partial charge in [-0.3, -0.25) is 4.79 Å². The molecule has 0 saturated heterocycles. The minimum absolute atomic E-state index is 0.136. The number of hydrogen-bond acceptors (Lipinski definition) is 3. The second kappa shape index (κ2) is 11.0. The van der Waals surface area contributed by atoms with Gasteiger partial charge in [-0.05, 0) is 19.3 Å². The number of allylic oxidation sites excluding steroid dienone is 2. The van der Waals surface area contributed by atoms with Crippen molar-refractivity contribution in [2.75, 3.05) is 6.61 Å². The zero-order chi connectivity index (χ0) is 11.4. The normalized spacial score (nSPS) is 10.5. The summed E-state index contributed by atoms with van der Waals surface area (Å²) < 4.78 is 4.98. The summed E-state index contributed by atoms with van der Waals surface area (Å²) in [5.74, 6) is -0.136. The highest BCUT2D eigenvalue weighted by molar-refractivity contribution is 5.69. The van der Waals surface area contributed by atoms with E-state index in [4.69, 9.17) is 4.74 Å². The first-order valence-corrected chi connectivity index (χ1v) is 5.55. The first-order valence-electron chi connectivity index (χ1n) is 5.55. The molecule has 0 aromatic heterocycles. The highest BCUT2D eigenvalue weighted by atomic mass is 16.5. The Balaban J connectivity index is 3.30. The maximum atomic E-state index is 11.1. The van der Waals surface area contributed by atoms with Gasteiger partial charge in [0.1, 0.15) is 6.29 Å². The molecule has 0 fully saturated rings. The van der Waals surface area contributed by atoms with Crippen molar-refractivity contribution < 1.29 is 14.3 Å². The summed E-state index contributed by atoms with van der Waals surface area (Å²) in [5.41, 5.74) is 0. The number of aldehydes is 1. The van der Waals surface area contributed by atoms with E-state index in [1.807, 2.05) is 12.2 Å². The molecule has 86 valence electrons. The van der Waals surface area contributed by atoms with Crippen LogP contribution in [0.15, 0.2) is 12.2 Å². The third-order valence-corrected chi connectivity index (χ3v) is 1.89. The molecular weight excluding hydrogens is 192 g/mol. The second-order valence-corrected chi connectivity index (χ2v) is 3.33. The Bertz CT molecular complexity index is 197. The Morgan fingerprint density at radius 2 is 1.93 bits per heavy atom. The zero-order valence-corrected chi connectivity index (χ0v) is 9.41. The molecule has 0 atom stereocenters. The highest BCUT2D eigenvalue weighted by Gasteiger charge is 1.99. The van der Waals surface area contributed by atoms with E-state index in [0.29, 0.717) is 25.9 Å². The van der Waals surface area contributed by atoms with Crippen LogP contribution in [0.1, 0.15) is 45.4 Å². The molecule has 0 amide bonds. The van der Waals surface area contributed by atoms with Crippen LogP contribution in [0.5, 0.6) is 0 Å². The van der Waals surface area contributed by atoms with Gasteiger partial charge in [0, 0.05) is 12.8 Å². The van der Waals surface area contributed by atoms with Gasteiger partial charge >= 0.3 is 5.97 Å². The molecule has 0 bridgehead atoms. The van der Waals surface area contributed by atoms with Crippen molar-refractivity contribution in [2.45, 2.75) is 45.4 Å². The van der Waals surface area contributed by atoms with E-state index in [1.54, 1.807) is 0 Å². The Morgan fingerprint density at radius 3 is 2.60 bits per heavy atom. The summed E-state index contributed by atoms with van der Waals surface area (Å²) in [5, 5.41) is 0. The minimum Gasteiger partial charge on any atom is -0.466 e. The van der Waals surface area contributed by atoms with Crippen LogP contribution < -0.4 is 0 Å². The van der Waals surface area contributed by atoms with Crippen LogP contribution in [0.3, 0.4) is 0 Å². The van der Waals surface area contributed by atoms with Crippen molar-refractivity contribution in [3.8, 4) is 0 Å². The van der Waals surface area contributed by atoms with Gasteiger partial charge in [-0.1, -0.05) is 25.5 Å². The van der Waals surface area contributed by atoms with Gasteiger partial charge in [0.05, 0.1) is 6.61 Å². The van der Waals surface area contributed by atoms with Crippen molar-refractivity contribution in [1.82, 2.24) is 0 Å². The lowest BCUT2D eigenvalue weighted by Crippen LogP contribution is -2.04. The lowest BCUT2D eigenvalue weighted by molar-refractivity contribution is -0.143. The van der Waals surface area contributed by atoms with Gasteiger partial charge < -0.3 is 9.53 Å². The molecule has 0 rings (SSSR count). The molecule has 0 aliphatic heterocycles. The van der Waals surface area contributed by atoms with Gasteiger partial charge in [0.15, 0.2) is 0 Å². The first kappa shape index (κ1) is 13.9. The van der Waals surface area contributed by atoms with Crippen molar-refractivity contribution in [1.29, 1.82) is 0 Å². The van der Waals surface area contributed by atoms with E-state index in [-0.39, 0.29) is 5.97 Å². The van der Waals surface area contributed by atoms with Gasteiger partial charge in [-0.15, -0.1) is 0 Å². The van der Waals surface area contributed by atoms with E-state index in [2.05, 4.69) is 6.92 Å². The van der Waals surface area contributed by atoms with Crippen molar-refractivity contribution in [2.24, 2.45) is 0 Å². The Morgan fingerprint density at radius 1 is 1.20 bits per heavy atom. The van der Waals surface area contributed by atoms with Crippen LogP contribution in [0.25, 0.3) is 0 Å². The number of carbonyl (C=O) groups is 2. The predicted octanol–water partition coefficient (Wildman–Crippen LogP) is 2.65. The number of esters is 1. The van der Waals surface area contributed by atoms with Gasteiger partial charge in [0.2, 0.25) is 0 Å². The summed E-state index contributed by atoms with van der Waals surface area (Å²) in [4.78, 5) is 21.1. The summed E-state index contributed by atoms with van der Waals surface area (Å²) in [6.45, 7) is 2.59. The standard InChI is InChI=1S/C12H20O3/c1-2-3-11-15-12(14)9-7-5-4-6-8-10-13/h4-5,10H,2-3,6-9,11H2,1H3. The van der Waals surface area contributed by atoms with E-state index in [9.17, 15) is 9.59 Å². The van der Waals surface area contributed by atoms with Crippen LogP contribution in [0, 0.1) is 0 Å². The molecule has 0 radical (unpaired) electrons. The number of rotatable bonds is 9. The molecule has 3 heteroatoms. The number of hydrogen-bond donors (Lipinski definition) is 0. The fraction of sp³-hybridized carbons (Fsp3) is 0.667. The van der Waals surface area contributed by atoms with Gasteiger partial charge in [0.25, 0.3) is 0 Å². The van der Waals surface area contributed by atoms with Gasteiger partial charge in [-0.25, -0.2) is 0 Å². The fourth-order valence-electron chi connectivity index (χ4n) is 1.00. The molecular formula is C12H20O3. The van der Waals surface area contributed by atoms with Crippen molar-refractivity contribution in [3.63, 3.8) is 0 Å². The molecule has 0 aromatic rings. The molecule has 0 spiro atoms. The second-order valence-electron chi connectivity index (χ2n) is 3.33. The molecule has 3 nitrogen and oxygen atoms in total. The van der Waals surface area contributed by atoms with Crippen LogP contribution in [0.4, 0.5) is 0 Å². The van der Waals surface area contributed by atoms with Crippen LogP contribution in [-0.4, -0.2) is 18.9 Å². The molecule has 0 saturated carbocycles. The summed E-state index contributed by atoms with van der Waals surface area (Å²) in [7, 11) is 0. The third kappa shape index (κ3) is 10.8. The van der Waals surface area contributed by atoms with E-state index in [0.717, 1.165) is 25.5 Å². The molecule has 0 aliphatic carbocycles. The highest BCUT2D eigenvalue weighted by Crippen LogP contribution is 1.98. The molecule has 0 heterocycles. The van der Waals surface area contributed by atoms with Crippen molar-refractivity contribution >= 4 is 12.3 Å². The lowest BCUT2D eigenvalue weighted by atomic mass is 10.2. The molecule has 0 aromatic carbocycles. The SMILES string of the molecule is CCCCOC(=O)CCC=CCCC=O.